The van der Waals surface area contributed by atoms with Gasteiger partial charge in [-0.05, 0) is 99.5 Å². The zero-order valence-corrected chi connectivity index (χ0v) is 16.6. The van der Waals surface area contributed by atoms with Gasteiger partial charge < -0.3 is 4.43 Å². The zero-order chi connectivity index (χ0) is 12.5. The molecule has 0 fully saturated rings. The van der Waals surface area contributed by atoms with Crippen LogP contribution in [0.2, 0.25) is 19.6 Å². The van der Waals surface area contributed by atoms with Gasteiger partial charge in [0.1, 0.15) is 0 Å². The Morgan fingerprint density at radius 2 is 1.56 bits per heavy atom. The van der Waals surface area contributed by atoms with Crippen molar-refractivity contribution in [2.24, 2.45) is 0 Å². The highest BCUT2D eigenvalue weighted by Gasteiger charge is 2.21. The maximum Gasteiger partial charge on any atom is 0.324 e. The Balaban J connectivity index is 3.02. The fourth-order valence-electron chi connectivity index (χ4n) is 1.01. The van der Waals surface area contributed by atoms with E-state index >= 15 is 0 Å². The lowest BCUT2D eigenvalue weighted by Crippen LogP contribution is -2.29. The molecule has 1 aromatic carbocycles. The van der Waals surface area contributed by atoms with Gasteiger partial charge in [0, 0.05) is 10.7 Å². The molecule has 16 heavy (non-hydrogen) atoms. The molecule has 0 bridgehead atoms. The molecule has 1 aromatic rings. The average molecular weight is 572 g/mol. The predicted molar refractivity (Wildman–Crippen MR) is 93.4 cm³/mol. The summed E-state index contributed by atoms with van der Waals surface area (Å²) < 4.78 is 8.83. The van der Waals surface area contributed by atoms with Crippen LogP contribution < -0.4 is 0 Å². The van der Waals surface area contributed by atoms with E-state index in [4.69, 9.17) is 4.43 Å². The molecular weight excluding hydrogens is 561 g/mol. The molecule has 0 saturated heterocycles. The van der Waals surface area contributed by atoms with Crippen molar-refractivity contribution < 1.29 is 9.22 Å². The van der Waals surface area contributed by atoms with E-state index in [0.717, 1.165) is 7.14 Å². The summed E-state index contributed by atoms with van der Waals surface area (Å²) in [6.07, 6.45) is 0. The van der Waals surface area contributed by atoms with E-state index in [2.05, 4.69) is 67.8 Å². The maximum absolute atomic E-state index is 11.9. The average Bonchev–Trinajstić information content (AvgIpc) is 2.10. The van der Waals surface area contributed by atoms with Crippen LogP contribution in [0.25, 0.3) is 0 Å². The van der Waals surface area contributed by atoms with Crippen molar-refractivity contribution in [1.29, 1.82) is 0 Å². The van der Waals surface area contributed by atoms with E-state index in [1.807, 2.05) is 31.8 Å². The first-order valence-electron chi connectivity index (χ1n) is 4.58. The summed E-state index contributed by atoms with van der Waals surface area (Å²) >= 11 is 6.75. The second-order valence-electron chi connectivity index (χ2n) is 4.26. The first kappa shape index (κ1) is 15.2. The van der Waals surface area contributed by atoms with E-state index in [0.29, 0.717) is 5.56 Å². The smallest absolute Gasteiger partial charge is 0.324 e. The molecule has 0 spiro atoms. The molecule has 0 aliphatic carbocycles. The molecule has 0 amide bonds. The number of carbonyl (C=O) groups is 1. The lowest BCUT2D eigenvalue weighted by molar-refractivity contribution is 0.0724. The van der Waals surface area contributed by atoms with Crippen LogP contribution in [0.3, 0.4) is 0 Å². The highest BCUT2D eigenvalue weighted by atomic mass is 127. The van der Waals surface area contributed by atoms with Crippen LogP contribution in [0.15, 0.2) is 12.1 Å². The van der Waals surface area contributed by atoms with Crippen molar-refractivity contribution in [1.82, 2.24) is 0 Å². The molecule has 0 unspecified atom stereocenters. The molecular formula is C10H11I3O2Si. The van der Waals surface area contributed by atoms with Crippen LogP contribution in [0.4, 0.5) is 0 Å². The van der Waals surface area contributed by atoms with Crippen LogP contribution in [0.5, 0.6) is 0 Å². The largest absolute Gasteiger partial charge is 0.516 e. The quantitative estimate of drug-likeness (QED) is 0.297. The fraction of sp³-hybridized carbons (Fsp3) is 0.300. The lowest BCUT2D eigenvalue weighted by atomic mass is 10.2. The van der Waals surface area contributed by atoms with Crippen molar-refractivity contribution in [3.63, 3.8) is 0 Å². The summed E-state index contributed by atoms with van der Waals surface area (Å²) in [7, 11) is -1.81. The Morgan fingerprint density at radius 3 is 1.94 bits per heavy atom. The number of rotatable bonds is 2. The lowest BCUT2D eigenvalue weighted by Gasteiger charge is -2.17. The van der Waals surface area contributed by atoms with Gasteiger partial charge in [0.05, 0.1) is 5.56 Å². The molecule has 0 aliphatic heterocycles. The first-order valence-corrected chi connectivity index (χ1v) is 11.2. The summed E-state index contributed by atoms with van der Waals surface area (Å²) in [5.74, 6) is -0.202. The van der Waals surface area contributed by atoms with Crippen LogP contribution in [-0.2, 0) is 4.43 Å². The summed E-state index contributed by atoms with van der Waals surface area (Å²) in [6, 6.07) is 3.76. The second kappa shape index (κ2) is 5.82. The topological polar surface area (TPSA) is 26.3 Å². The highest BCUT2D eigenvalue weighted by Crippen LogP contribution is 2.24. The molecule has 0 radical (unpaired) electrons. The molecule has 0 aromatic heterocycles. The summed E-state index contributed by atoms with van der Waals surface area (Å²) in [6.45, 7) is 6.02. The van der Waals surface area contributed by atoms with Crippen LogP contribution in [-0.4, -0.2) is 14.3 Å². The van der Waals surface area contributed by atoms with Crippen LogP contribution in [0, 0.1) is 10.7 Å². The number of benzene rings is 1. The molecule has 0 heterocycles. The third kappa shape index (κ3) is 4.41. The number of hydrogen-bond acceptors (Lipinski definition) is 2. The van der Waals surface area contributed by atoms with E-state index in [1.165, 1.54) is 3.57 Å². The Hall–Kier alpha value is 1.10. The van der Waals surface area contributed by atoms with Gasteiger partial charge in [0.2, 0.25) is 8.32 Å². The zero-order valence-electron chi connectivity index (χ0n) is 9.11. The standard InChI is InChI=1S/C10H11I3O2Si/c1-16(2,3)15-10(14)6-4-7(11)9(13)8(12)5-6/h4-5H,1-3H3. The molecule has 0 atom stereocenters. The molecule has 88 valence electrons. The second-order valence-corrected chi connectivity index (χ2v) is 12.1. The summed E-state index contributed by atoms with van der Waals surface area (Å²) in [5.41, 5.74) is 0.650. The molecule has 0 N–H and O–H groups in total. The molecule has 2 nitrogen and oxygen atoms in total. The molecule has 0 saturated carbocycles. The van der Waals surface area contributed by atoms with E-state index in [-0.39, 0.29) is 5.97 Å². The maximum atomic E-state index is 11.9. The van der Waals surface area contributed by atoms with Gasteiger partial charge in [-0.15, -0.1) is 0 Å². The molecule has 6 heteroatoms. The summed E-state index contributed by atoms with van der Waals surface area (Å²) in [4.78, 5) is 11.9. The van der Waals surface area contributed by atoms with Gasteiger partial charge in [0.15, 0.2) is 0 Å². The van der Waals surface area contributed by atoms with Gasteiger partial charge in [-0.3, -0.25) is 0 Å². The van der Waals surface area contributed by atoms with Crippen LogP contribution >= 0.6 is 67.8 Å². The van der Waals surface area contributed by atoms with Crippen molar-refractivity contribution >= 4 is 82.1 Å². The minimum atomic E-state index is -1.81. The number of carbonyl (C=O) groups excluding carboxylic acids is 1. The Morgan fingerprint density at radius 1 is 1.12 bits per heavy atom. The van der Waals surface area contributed by atoms with E-state index < -0.39 is 8.32 Å². The van der Waals surface area contributed by atoms with E-state index in [9.17, 15) is 4.79 Å². The van der Waals surface area contributed by atoms with Crippen LogP contribution in [0.1, 0.15) is 10.4 Å². The van der Waals surface area contributed by atoms with Crippen molar-refractivity contribution in [3.05, 3.63) is 28.4 Å². The first-order chi connectivity index (χ1) is 7.20. The van der Waals surface area contributed by atoms with Crippen molar-refractivity contribution in [2.45, 2.75) is 19.6 Å². The number of hydrogen-bond donors (Lipinski definition) is 0. The Labute approximate surface area is 137 Å². The molecule has 0 aliphatic rings. The number of halogens is 3. The predicted octanol–water partition coefficient (Wildman–Crippen LogP) is 4.49. The van der Waals surface area contributed by atoms with Gasteiger partial charge in [-0.1, -0.05) is 0 Å². The van der Waals surface area contributed by atoms with E-state index in [1.54, 1.807) is 0 Å². The minimum Gasteiger partial charge on any atom is -0.516 e. The normalized spacial score (nSPS) is 11.4. The van der Waals surface area contributed by atoms with Gasteiger partial charge >= 0.3 is 5.97 Å². The minimum absolute atomic E-state index is 0.202. The van der Waals surface area contributed by atoms with Gasteiger partial charge in [-0.2, -0.15) is 0 Å². The third-order valence-electron chi connectivity index (χ3n) is 1.62. The third-order valence-corrected chi connectivity index (χ3v) is 7.34. The Kier molecular flexibility index (Phi) is 5.52. The highest BCUT2D eigenvalue weighted by molar-refractivity contribution is 14.1. The monoisotopic (exact) mass is 572 g/mol. The SMILES string of the molecule is C[Si](C)(C)OC(=O)c1cc(I)c(I)c(I)c1. The van der Waals surface area contributed by atoms with Crippen molar-refractivity contribution in [3.8, 4) is 0 Å². The fourth-order valence-corrected chi connectivity index (χ4v) is 3.76. The summed E-state index contributed by atoms with van der Waals surface area (Å²) in [5, 5.41) is 0. The van der Waals surface area contributed by atoms with Gasteiger partial charge in [-0.25, -0.2) is 4.79 Å². The van der Waals surface area contributed by atoms with Gasteiger partial charge in [0.25, 0.3) is 0 Å². The molecule has 1 rings (SSSR count). The van der Waals surface area contributed by atoms with Crippen molar-refractivity contribution in [2.75, 3.05) is 0 Å². The Bertz CT molecular complexity index is 404.